The van der Waals surface area contributed by atoms with Crippen molar-refractivity contribution in [3.63, 3.8) is 0 Å². The molecule has 0 bridgehead atoms. The van der Waals surface area contributed by atoms with E-state index in [2.05, 4.69) is 10.4 Å². The predicted octanol–water partition coefficient (Wildman–Crippen LogP) is 2.32. The molecule has 2 rings (SSSR count). The Morgan fingerprint density at radius 2 is 1.92 bits per heavy atom. The lowest BCUT2D eigenvalue weighted by Gasteiger charge is -2.25. The van der Waals surface area contributed by atoms with Crippen LogP contribution in [0, 0.1) is 0 Å². The van der Waals surface area contributed by atoms with Crippen molar-refractivity contribution in [3.8, 4) is 0 Å². The van der Waals surface area contributed by atoms with Gasteiger partial charge in [0.05, 0.1) is 11.3 Å². The molecular weight excluding hydrogens is 306 g/mol. The number of nitrogens with zero attached hydrogens (tertiary/aromatic N) is 2. The van der Waals surface area contributed by atoms with Gasteiger partial charge in [-0.3, -0.25) is 14.3 Å². The number of carbonyl (C=O) groups is 2. The van der Waals surface area contributed by atoms with Gasteiger partial charge in [0.1, 0.15) is 5.41 Å². The normalized spacial score (nSPS) is 13.5. The lowest BCUT2D eigenvalue weighted by molar-refractivity contribution is -0.142. The summed E-state index contributed by atoms with van der Waals surface area (Å²) in [6.07, 6.45) is 1.66. The van der Waals surface area contributed by atoms with E-state index in [9.17, 15) is 14.7 Å². The van der Waals surface area contributed by atoms with E-state index in [-0.39, 0.29) is 18.4 Å². The molecule has 0 aliphatic carbocycles. The Labute approximate surface area is 141 Å². The fourth-order valence-electron chi connectivity index (χ4n) is 2.57. The lowest BCUT2D eigenvalue weighted by Crippen LogP contribution is -2.44. The Hall–Kier alpha value is -2.63. The summed E-state index contributed by atoms with van der Waals surface area (Å²) in [4.78, 5) is 24.3. The van der Waals surface area contributed by atoms with E-state index in [0.717, 1.165) is 0 Å². The number of aliphatic carboxylic acids is 1. The summed E-state index contributed by atoms with van der Waals surface area (Å²) in [6, 6.07) is 8.91. The first-order chi connectivity index (χ1) is 11.3. The molecule has 0 spiro atoms. The number of carbonyl (C=O) groups excluding carboxylic acids is 1. The zero-order valence-corrected chi connectivity index (χ0v) is 14.4. The van der Waals surface area contributed by atoms with E-state index in [0.29, 0.717) is 16.8 Å². The van der Waals surface area contributed by atoms with E-state index < -0.39 is 11.4 Å². The standard InChI is InChI=1S/C18H23N3O3/c1-12(2)15-14(10-21(4)20-15)16(22)19-11-18(3,17(23)24)13-8-6-5-7-9-13/h5-10,12H,11H2,1-4H3,(H,19,22)(H,23,24). The van der Waals surface area contributed by atoms with Crippen LogP contribution in [0.1, 0.15) is 48.3 Å². The number of hydrogen-bond donors (Lipinski definition) is 2. The molecule has 2 aromatic rings. The van der Waals surface area contributed by atoms with Gasteiger partial charge in [-0.2, -0.15) is 5.10 Å². The van der Waals surface area contributed by atoms with Crippen molar-refractivity contribution in [1.29, 1.82) is 0 Å². The number of rotatable bonds is 6. The average Bonchev–Trinajstić information content (AvgIpc) is 2.95. The van der Waals surface area contributed by atoms with Gasteiger partial charge in [-0.15, -0.1) is 0 Å². The summed E-state index contributed by atoms with van der Waals surface area (Å²) in [7, 11) is 1.76. The Kier molecular flexibility index (Phi) is 5.07. The van der Waals surface area contributed by atoms with Crippen molar-refractivity contribution in [3.05, 3.63) is 53.3 Å². The van der Waals surface area contributed by atoms with Gasteiger partial charge in [-0.1, -0.05) is 44.2 Å². The molecule has 1 aromatic carbocycles. The fourth-order valence-corrected chi connectivity index (χ4v) is 2.57. The highest BCUT2D eigenvalue weighted by Crippen LogP contribution is 2.24. The van der Waals surface area contributed by atoms with Gasteiger partial charge >= 0.3 is 5.97 Å². The molecule has 1 atom stereocenters. The maximum atomic E-state index is 12.5. The number of aromatic nitrogens is 2. The third-order valence-corrected chi connectivity index (χ3v) is 4.13. The third kappa shape index (κ3) is 3.48. The molecule has 1 heterocycles. The van der Waals surface area contributed by atoms with Gasteiger partial charge in [0, 0.05) is 19.8 Å². The largest absolute Gasteiger partial charge is 0.481 e. The van der Waals surface area contributed by atoms with Crippen LogP contribution in [-0.4, -0.2) is 33.3 Å². The highest BCUT2D eigenvalue weighted by molar-refractivity contribution is 5.96. The van der Waals surface area contributed by atoms with Gasteiger partial charge in [-0.05, 0) is 18.4 Å². The molecule has 0 fully saturated rings. The van der Waals surface area contributed by atoms with Crippen molar-refractivity contribution in [2.75, 3.05) is 6.54 Å². The van der Waals surface area contributed by atoms with Crippen LogP contribution in [0.15, 0.2) is 36.5 Å². The first-order valence-corrected chi connectivity index (χ1v) is 7.86. The monoisotopic (exact) mass is 329 g/mol. The Morgan fingerprint density at radius 1 is 1.29 bits per heavy atom. The smallest absolute Gasteiger partial charge is 0.315 e. The van der Waals surface area contributed by atoms with Crippen LogP contribution < -0.4 is 5.32 Å². The summed E-state index contributed by atoms with van der Waals surface area (Å²) in [6.45, 7) is 5.53. The summed E-state index contributed by atoms with van der Waals surface area (Å²) in [5.74, 6) is -1.19. The van der Waals surface area contributed by atoms with E-state index in [1.807, 2.05) is 19.9 Å². The summed E-state index contributed by atoms with van der Waals surface area (Å²) >= 11 is 0. The van der Waals surface area contributed by atoms with E-state index in [1.54, 1.807) is 49.1 Å². The summed E-state index contributed by atoms with van der Waals surface area (Å²) in [5.41, 5.74) is 0.630. The second-order valence-electron chi connectivity index (χ2n) is 6.44. The second-order valence-corrected chi connectivity index (χ2v) is 6.44. The minimum absolute atomic E-state index is 0.00237. The highest BCUT2D eigenvalue weighted by atomic mass is 16.4. The lowest BCUT2D eigenvalue weighted by atomic mass is 9.82. The number of benzene rings is 1. The quantitative estimate of drug-likeness (QED) is 0.852. The first-order valence-electron chi connectivity index (χ1n) is 7.86. The maximum Gasteiger partial charge on any atom is 0.315 e. The minimum Gasteiger partial charge on any atom is -0.481 e. The van der Waals surface area contributed by atoms with Crippen molar-refractivity contribution in [2.24, 2.45) is 7.05 Å². The van der Waals surface area contributed by atoms with Crippen LogP contribution in [0.2, 0.25) is 0 Å². The molecule has 0 aliphatic heterocycles. The maximum absolute atomic E-state index is 12.5. The Morgan fingerprint density at radius 3 is 2.46 bits per heavy atom. The molecule has 24 heavy (non-hydrogen) atoms. The summed E-state index contributed by atoms with van der Waals surface area (Å²) in [5, 5.41) is 16.7. The Balaban J connectivity index is 2.22. The van der Waals surface area contributed by atoms with Gasteiger partial charge < -0.3 is 10.4 Å². The molecule has 1 amide bonds. The van der Waals surface area contributed by atoms with Gasteiger partial charge in [0.25, 0.3) is 5.91 Å². The van der Waals surface area contributed by atoms with E-state index in [1.165, 1.54) is 0 Å². The number of carboxylic acids is 1. The van der Waals surface area contributed by atoms with Gasteiger partial charge in [0.15, 0.2) is 0 Å². The van der Waals surface area contributed by atoms with Crippen molar-refractivity contribution in [1.82, 2.24) is 15.1 Å². The van der Waals surface area contributed by atoms with Crippen molar-refractivity contribution < 1.29 is 14.7 Å². The molecular formula is C18H23N3O3. The number of nitrogens with one attached hydrogen (secondary N) is 1. The number of hydrogen-bond acceptors (Lipinski definition) is 3. The zero-order chi connectivity index (χ0) is 17.9. The van der Waals surface area contributed by atoms with E-state index in [4.69, 9.17) is 0 Å². The van der Waals surface area contributed by atoms with Crippen LogP contribution >= 0.6 is 0 Å². The third-order valence-electron chi connectivity index (χ3n) is 4.13. The molecule has 1 unspecified atom stereocenters. The van der Waals surface area contributed by atoms with Gasteiger partial charge in [0.2, 0.25) is 0 Å². The van der Waals surface area contributed by atoms with Crippen molar-refractivity contribution >= 4 is 11.9 Å². The second kappa shape index (κ2) is 6.86. The summed E-state index contributed by atoms with van der Waals surface area (Å²) < 4.78 is 1.60. The number of aryl methyl sites for hydroxylation is 1. The average molecular weight is 329 g/mol. The van der Waals surface area contributed by atoms with Crippen LogP contribution in [0.4, 0.5) is 0 Å². The SMILES string of the molecule is CC(C)c1nn(C)cc1C(=O)NCC(C)(C(=O)O)c1ccccc1. The number of carboxylic acid groups (broad SMARTS) is 1. The molecule has 0 radical (unpaired) electrons. The van der Waals surface area contributed by atoms with Crippen molar-refractivity contribution in [2.45, 2.75) is 32.1 Å². The van der Waals surface area contributed by atoms with Crippen LogP contribution in [0.25, 0.3) is 0 Å². The predicted molar refractivity (Wildman–Crippen MR) is 91.1 cm³/mol. The minimum atomic E-state index is -1.20. The molecule has 6 nitrogen and oxygen atoms in total. The van der Waals surface area contributed by atoms with Crippen LogP contribution in [0.3, 0.4) is 0 Å². The van der Waals surface area contributed by atoms with Crippen LogP contribution in [-0.2, 0) is 17.3 Å². The highest BCUT2D eigenvalue weighted by Gasteiger charge is 2.36. The zero-order valence-electron chi connectivity index (χ0n) is 14.4. The molecule has 128 valence electrons. The number of amides is 1. The first kappa shape index (κ1) is 17.7. The van der Waals surface area contributed by atoms with Gasteiger partial charge in [-0.25, -0.2) is 0 Å². The topological polar surface area (TPSA) is 84.2 Å². The molecule has 6 heteroatoms. The molecule has 0 saturated heterocycles. The molecule has 1 aromatic heterocycles. The fraction of sp³-hybridized carbons (Fsp3) is 0.389. The molecule has 0 aliphatic rings. The Bertz CT molecular complexity index is 737. The molecule has 0 saturated carbocycles. The van der Waals surface area contributed by atoms with E-state index >= 15 is 0 Å². The molecule has 2 N–H and O–H groups in total. The van der Waals surface area contributed by atoms with Crippen LogP contribution in [0.5, 0.6) is 0 Å².